The van der Waals surface area contributed by atoms with Crippen molar-refractivity contribution in [1.82, 2.24) is 14.8 Å². The van der Waals surface area contributed by atoms with Crippen LogP contribution in [0.3, 0.4) is 0 Å². The Balaban J connectivity index is 1.86. The van der Waals surface area contributed by atoms with E-state index in [1.807, 2.05) is 4.98 Å². The predicted molar refractivity (Wildman–Crippen MR) is 133 cm³/mol. The third-order valence-corrected chi connectivity index (χ3v) is 7.03. The van der Waals surface area contributed by atoms with E-state index in [-0.39, 0.29) is 5.75 Å². The molecule has 1 aliphatic heterocycles. The molecule has 1 aromatic heterocycles. The lowest BCUT2D eigenvalue weighted by atomic mass is 9.99. The van der Waals surface area contributed by atoms with E-state index in [0.29, 0.717) is 4.68 Å². The molecule has 0 bridgehead atoms. The lowest BCUT2D eigenvalue weighted by Gasteiger charge is -2.25. The molecule has 13 nitrogen and oxygen atoms in total. The van der Waals surface area contributed by atoms with Crippen molar-refractivity contribution in [3.05, 3.63) is 57.4 Å². The molecule has 6 atom stereocenters. The lowest BCUT2D eigenvalue weighted by Crippen LogP contribution is -2.45. The topological polar surface area (TPSA) is 168 Å². The van der Waals surface area contributed by atoms with Crippen LogP contribution in [0, 0.1) is 11.8 Å². The van der Waals surface area contributed by atoms with Gasteiger partial charge in [0.1, 0.15) is 24.2 Å². The number of phosphoric acid groups is 1. The Morgan fingerprint density at radius 1 is 1.32 bits per heavy atom. The van der Waals surface area contributed by atoms with Crippen molar-refractivity contribution in [2.75, 3.05) is 6.61 Å². The average Bonchev–Trinajstić information content (AvgIpc) is 3.08. The van der Waals surface area contributed by atoms with Crippen LogP contribution in [-0.2, 0) is 27.9 Å². The predicted octanol–water partition coefficient (Wildman–Crippen LogP) is 1.75. The van der Waals surface area contributed by atoms with Gasteiger partial charge >= 0.3 is 19.5 Å². The largest absolute Gasteiger partial charge is 0.530 e. The van der Waals surface area contributed by atoms with Crippen LogP contribution in [0.2, 0.25) is 0 Å². The van der Waals surface area contributed by atoms with Crippen LogP contribution in [-0.4, -0.2) is 61.7 Å². The van der Waals surface area contributed by atoms with Crippen molar-refractivity contribution in [3.63, 3.8) is 0 Å². The van der Waals surface area contributed by atoms with Gasteiger partial charge in [-0.15, -0.1) is 5.92 Å². The van der Waals surface area contributed by atoms with Crippen LogP contribution < -0.4 is 15.8 Å². The quantitative estimate of drug-likeness (QED) is 0.184. The minimum atomic E-state index is -4.54. The number of hydrogen-bond donors (Lipinski definition) is 2. The number of carbonyl (C=O) groups is 1. The Bertz CT molecular complexity index is 1350. The van der Waals surface area contributed by atoms with Crippen molar-refractivity contribution in [1.29, 1.82) is 0 Å². The first-order chi connectivity index (χ1) is 17.9. The smallest absolute Gasteiger partial charge is 0.461 e. The molecule has 1 fully saturated rings. The Morgan fingerprint density at radius 3 is 2.61 bits per heavy atom. The van der Waals surface area contributed by atoms with E-state index in [2.05, 4.69) is 16.9 Å². The summed E-state index contributed by atoms with van der Waals surface area (Å²) in [6, 6.07) is 7.91. The number of aliphatic hydroxyl groups is 1. The highest BCUT2D eigenvalue weighted by atomic mass is 35.5. The summed E-state index contributed by atoms with van der Waals surface area (Å²) in [4.78, 5) is 36.1. The van der Waals surface area contributed by atoms with Crippen LogP contribution in [0.25, 0.3) is 0 Å². The third-order valence-electron chi connectivity index (χ3n) is 5.05. The van der Waals surface area contributed by atoms with E-state index in [4.69, 9.17) is 34.6 Å². The van der Waals surface area contributed by atoms with Crippen LogP contribution >= 0.6 is 19.4 Å². The molecular weight excluding hydrogens is 545 g/mol. The summed E-state index contributed by atoms with van der Waals surface area (Å²) in [6.07, 6.45) is -5.38. The zero-order valence-electron chi connectivity index (χ0n) is 20.9. The number of esters is 1. The van der Waals surface area contributed by atoms with E-state index in [0.717, 1.165) is 6.20 Å². The molecule has 0 amide bonds. The molecule has 1 unspecified atom stereocenters. The Hall–Kier alpha value is -2.98. The fourth-order valence-electron chi connectivity index (χ4n) is 3.40. The highest BCUT2D eigenvalue weighted by Crippen LogP contribution is 2.52. The number of alkyl halides is 1. The minimum Gasteiger partial charge on any atom is -0.461 e. The maximum Gasteiger partial charge on any atom is 0.530 e. The number of para-hydroxylation sites is 1. The molecule has 0 aliphatic carbocycles. The number of phosphoric ester groups is 1. The number of carbonyl (C=O) groups excluding carboxylic acids is 1. The molecule has 0 radical (unpaired) electrons. The molecular formula is C23H27ClN3O10P. The summed E-state index contributed by atoms with van der Waals surface area (Å²) >= 11 is 6.59. The molecule has 3 rings (SSSR count). The first-order valence-corrected chi connectivity index (χ1v) is 13.2. The Morgan fingerprint density at radius 2 is 2.00 bits per heavy atom. The zero-order valence-corrected chi connectivity index (χ0v) is 22.5. The molecule has 2 heterocycles. The third kappa shape index (κ3) is 6.91. The normalized spacial score (nSPS) is 25.2. The number of aromatic amines is 1. The number of hydrogen-bond acceptors (Lipinski definition) is 11. The fraction of sp³-hybridized carbons (Fsp3) is 0.478. The molecule has 0 saturated carbocycles. The van der Waals surface area contributed by atoms with Gasteiger partial charge < -0.3 is 19.1 Å². The number of aromatic nitrogens is 3. The number of nitrogens with one attached hydrogen (secondary N) is 1. The van der Waals surface area contributed by atoms with Gasteiger partial charge in [-0.05, 0) is 39.8 Å². The molecule has 1 saturated heterocycles. The summed E-state index contributed by atoms with van der Waals surface area (Å²) in [5.41, 5.74) is -1.72. The molecule has 15 heteroatoms. The zero-order chi connectivity index (χ0) is 28.1. The second-order valence-corrected chi connectivity index (χ2v) is 10.6. The van der Waals surface area contributed by atoms with Gasteiger partial charge in [-0.2, -0.15) is 9.78 Å². The maximum absolute atomic E-state index is 13.6. The van der Waals surface area contributed by atoms with Gasteiger partial charge in [-0.3, -0.25) is 18.8 Å². The number of aliphatic hydroxyl groups excluding tert-OH is 1. The highest BCUT2D eigenvalue weighted by molar-refractivity contribution is 7.49. The van der Waals surface area contributed by atoms with E-state index in [1.165, 1.54) is 26.0 Å². The lowest BCUT2D eigenvalue weighted by molar-refractivity contribution is -0.156. The molecule has 0 spiro atoms. The van der Waals surface area contributed by atoms with E-state index < -0.39 is 67.2 Å². The summed E-state index contributed by atoms with van der Waals surface area (Å²) < 4.78 is 41.4. The number of H-pyrrole nitrogens is 1. The number of halogens is 1. The standard InChI is InChI=1S/C23H27ClN3O10P/c1-5-11-23(24)19(29)17(35-21(23)27-22(31)26-18(28)12-25-27)13-33-38(32,37-16-9-7-6-8-10-16)36-15(4)20(30)34-14(2)3/h6-10,12,14-15,17,19,21,29H,13H2,1-4H3,(H,26,28,31)/t15-,17+,19-,21+,23?,38-/m0/s1. The first kappa shape index (κ1) is 29.6. The number of ether oxygens (including phenoxy) is 2. The molecule has 2 aromatic rings. The molecule has 206 valence electrons. The van der Waals surface area contributed by atoms with Crippen molar-refractivity contribution in [2.24, 2.45) is 0 Å². The van der Waals surface area contributed by atoms with E-state index in [1.54, 1.807) is 32.0 Å². The fourth-order valence-corrected chi connectivity index (χ4v) is 5.11. The monoisotopic (exact) mass is 571 g/mol. The van der Waals surface area contributed by atoms with Crippen molar-refractivity contribution < 1.29 is 37.5 Å². The van der Waals surface area contributed by atoms with Gasteiger partial charge in [0, 0.05) is 0 Å². The Kier molecular flexibility index (Phi) is 9.54. The SMILES string of the molecule is CC#CC1(Cl)[C@@H](O)[C@@H](CO[P@](=O)(Oc2ccccc2)O[C@@H](C)C(=O)OC(C)C)O[C@H]1n1ncc(=O)[nH]c1=O. The minimum absolute atomic E-state index is 0.110. The second-order valence-electron chi connectivity index (χ2n) is 8.38. The summed E-state index contributed by atoms with van der Waals surface area (Å²) in [6.45, 7) is 5.40. The van der Waals surface area contributed by atoms with Crippen LogP contribution in [0.5, 0.6) is 5.75 Å². The first-order valence-electron chi connectivity index (χ1n) is 11.4. The van der Waals surface area contributed by atoms with Crippen molar-refractivity contribution in [3.8, 4) is 17.6 Å². The van der Waals surface area contributed by atoms with Crippen molar-refractivity contribution in [2.45, 2.75) is 63.2 Å². The highest BCUT2D eigenvalue weighted by Gasteiger charge is 2.57. The van der Waals surface area contributed by atoms with Gasteiger partial charge in [-0.1, -0.05) is 35.7 Å². The van der Waals surface area contributed by atoms with Gasteiger partial charge in [0.25, 0.3) is 5.56 Å². The Labute approximate surface area is 222 Å². The van der Waals surface area contributed by atoms with Gasteiger partial charge in [-0.25, -0.2) is 14.2 Å². The molecule has 1 aliphatic rings. The summed E-state index contributed by atoms with van der Waals surface area (Å²) in [5, 5.41) is 14.7. The van der Waals surface area contributed by atoms with Gasteiger partial charge in [0.05, 0.1) is 12.7 Å². The van der Waals surface area contributed by atoms with Gasteiger partial charge in [0.2, 0.25) is 0 Å². The summed E-state index contributed by atoms with van der Waals surface area (Å²) in [5.74, 6) is 4.45. The summed E-state index contributed by atoms with van der Waals surface area (Å²) in [7, 11) is -4.54. The van der Waals surface area contributed by atoms with Crippen molar-refractivity contribution >= 4 is 25.4 Å². The number of nitrogens with zero attached hydrogens (tertiary/aromatic N) is 2. The van der Waals surface area contributed by atoms with Crippen LogP contribution in [0.4, 0.5) is 0 Å². The van der Waals surface area contributed by atoms with E-state index in [9.17, 15) is 24.1 Å². The van der Waals surface area contributed by atoms with Crippen LogP contribution in [0.1, 0.15) is 33.9 Å². The van der Waals surface area contributed by atoms with Gasteiger partial charge in [0.15, 0.2) is 17.2 Å². The number of benzene rings is 1. The molecule has 2 N–H and O–H groups in total. The van der Waals surface area contributed by atoms with Crippen LogP contribution in [0.15, 0.2) is 46.1 Å². The number of rotatable bonds is 10. The second kappa shape index (κ2) is 12.3. The molecule has 1 aromatic carbocycles. The average molecular weight is 572 g/mol. The molecule has 38 heavy (non-hydrogen) atoms. The van der Waals surface area contributed by atoms with E-state index >= 15 is 0 Å². The maximum atomic E-state index is 13.6.